The van der Waals surface area contributed by atoms with Gasteiger partial charge in [-0.2, -0.15) is 0 Å². The number of nitrogens with one attached hydrogen (secondary N) is 1. The normalized spacial score (nSPS) is 12.6. The van der Waals surface area contributed by atoms with Crippen LogP contribution in [-0.2, 0) is 4.79 Å². The largest absolute Gasteiger partial charge is 0.393 e. The first kappa shape index (κ1) is 17.5. The molecule has 0 bridgehead atoms. The molecule has 7 heteroatoms. The Morgan fingerprint density at radius 2 is 1.90 bits per heavy atom. The Bertz CT molecular complexity index is 481. The molecule has 1 aromatic carbocycles. The number of anilines is 1. The zero-order valence-electron chi connectivity index (χ0n) is 11.3. The summed E-state index contributed by atoms with van der Waals surface area (Å²) in [6.45, 7) is 2.53. The highest BCUT2D eigenvalue weighted by Crippen LogP contribution is 2.32. The summed E-state index contributed by atoms with van der Waals surface area (Å²) in [5, 5.41) is 12.9. The van der Waals surface area contributed by atoms with E-state index < -0.39 is 0 Å². The zero-order valence-corrected chi connectivity index (χ0v) is 13.6. The first-order valence-corrected chi connectivity index (χ1v) is 7.24. The molecule has 1 rings (SSSR count). The van der Waals surface area contributed by atoms with Crippen molar-refractivity contribution in [3.63, 3.8) is 0 Å². The molecule has 0 aromatic heterocycles. The maximum atomic E-state index is 11.9. The number of hydrogen-bond acceptors (Lipinski definition) is 3. The Morgan fingerprint density at radius 1 is 1.30 bits per heavy atom. The van der Waals surface area contributed by atoms with Crippen molar-refractivity contribution in [3.05, 3.63) is 27.2 Å². The molecule has 0 fully saturated rings. The summed E-state index contributed by atoms with van der Waals surface area (Å²) in [7, 11) is 1.80. The van der Waals surface area contributed by atoms with E-state index in [1.165, 1.54) is 12.1 Å². The summed E-state index contributed by atoms with van der Waals surface area (Å²) in [5.74, 6) is -0.210. The van der Waals surface area contributed by atoms with Crippen LogP contribution in [0.15, 0.2) is 12.1 Å². The van der Waals surface area contributed by atoms with E-state index in [1.54, 1.807) is 14.0 Å². The second-order valence-electron chi connectivity index (χ2n) is 4.67. The molecule has 0 spiro atoms. The third-order valence-electron chi connectivity index (χ3n) is 2.63. The van der Waals surface area contributed by atoms with Gasteiger partial charge in [0.25, 0.3) is 0 Å². The number of rotatable bonds is 6. The molecule has 0 aliphatic heterocycles. The third-order valence-corrected chi connectivity index (χ3v) is 3.66. The van der Waals surface area contributed by atoms with E-state index in [-0.39, 0.29) is 18.6 Å². The standard InChI is InChI=1S/C13H17Cl3N2O2/c1-8(19)3-4-18(2)7-13(20)17-12-6-10(15)9(14)5-11(12)16/h5-6,8,19H,3-4,7H2,1-2H3,(H,17,20). The lowest BCUT2D eigenvalue weighted by Gasteiger charge is -2.17. The van der Waals surface area contributed by atoms with Crippen LogP contribution in [0.25, 0.3) is 0 Å². The lowest BCUT2D eigenvalue weighted by Crippen LogP contribution is -2.32. The molecule has 0 radical (unpaired) electrons. The highest BCUT2D eigenvalue weighted by atomic mass is 35.5. The first-order valence-electron chi connectivity index (χ1n) is 6.10. The number of likely N-dealkylation sites (N-methyl/N-ethyl adjacent to an activating group) is 1. The van der Waals surface area contributed by atoms with Crippen LogP contribution in [-0.4, -0.2) is 42.2 Å². The summed E-state index contributed by atoms with van der Waals surface area (Å²) in [5.41, 5.74) is 0.426. The van der Waals surface area contributed by atoms with Gasteiger partial charge in [0.15, 0.2) is 0 Å². The van der Waals surface area contributed by atoms with E-state index in [1.807, 2.05) is 4.90 Å². The molecule has 1 aromatic rings. The average molecular weight is 340 g/mol. The summed E-state index contributed by atoms with van der Waals surface area (Å²) in [4.78, 5) is 13.7. The van der Waals surface area contributed by atoms with Gasteiger partial charge in [-0.15, -0.1) is 0 Å². The maximum Gasteiger partial charge on any atom is 0.238 e. The Balaban J connectivity index is 2.56. The van der Waals surface area contributed by atoms with E-state index in [2.05, 4.69) is 5.32 Å². The number of carbonyl (C=O) groups is 1. The lowest BCUT2D eigenvalue weighted by atomic mass is 10.2. The minimum Gasteiger partial charge on any atom is -0.393 e. The second kappa shape index (κ2) is 8.05. The Labute approximate surface area is 133 Å². The van der Waals surface area contributed by atoms with E-state index >= 15 is 0 Å². The van der Waals surface area contributed by atoms with Crippen LogP contribution in [0.3, 0.4) is 0 Å². The smallest absolute Gasteiger partial charge is 0.238 e. The van der Waals surface area contributed by atoms with Crippen LogP contribution in [0.5, 0.6) is 0 Å². The highest BCUT2D eigenvalue weighted by molar-refractivity contribution is 6.44. The Kier molecular flexibility index (Phi) is 7.06. The van der Waals surface area contributed by atoms with Crippen LogP contribution in [0.1, 0.15) is 13.3 Å². The third kappa shape index (κ3) is 5.85. The van der Waals surface area contributed by atoms with Gasteiger partial charge >= 0.3 is 0 Å². The molecule has 0 aliphatic carbocycles. The van der Waals surface area contributed by atoms with Gasteiger partial charge < -0.3 is 10.4 Å². The van der Waals surface area contributed by atoms with Crippen LogP contribution < -0.4 is 5.32 Å². The molecule has 0 saturated carbocycles. The molecule has 1 atom stereocenters. The molecular weight excluding hydrogens is 323 g/mol. The van der Waals surface area contributed by atoms with Gasteiger partial charge in [-0.25, -0.2) is 0 Å². The molecule has 1 unspecified atom stereocenters. The van der Waals surface area contributed by atoms with Crippen molar-refractivity contribution in [2.45, 2.75) is 19.4 Å². The fourth-order valence-electron chi connectivity index (χ4n) is 1.54. The summed E-state index contributed by atoms with van der Waals surface area (Å²) in [6.07, 6.45) is 0.224. The number of benzene rings is 1. The minimum absolute atomic E-state index is 0.198. The van der Waals surface area contributed by atoms with Gasteiger partial charge in [-0.3, -0.25) is 9.69 Å². The number of amides is 1. The SMILES string of the molecule is CC(O)CCN(C)CC(=O)Nc1cc(Cl)c(Cl)cc1Cl. The van der Waals surface area contributed by atoms with Crippen LogP contribution in [0.4, 0.5) is 5.69 Å². The summed E-state index contributed by atoms with van der Waals surface area (Å²) in [6, 6.07) is 3.00. The van der Waals surface area contributed by atoms with Gasteiger partial charge in [0.2, 0.25) is 5.91 Å². The second-order valence-corrected chi connectivity index (χ2v) is 5.89. The van der Waals surface area contributed by atoms with Crippen molar-refractivity contribution in [2.75, 3.05) is 25.5 Å². The number of nitrogens with zero attached hydrogens (tertiary/aromatic N) is 1. The summed E-state index contributed by atoms with van der Waals surface area (Å²) < 4.78 is 0. The molecule has 0 saturated heterocycles. The van der Waals surface area contributed by atoms with Gasteiger partial charge in [-0.1, -0.05) is 34.8 Å². The van der Waals surface area contributed by atoms with Gasteiger partial charge in [-0.05, 0) is 32.5 Å². The average Bonchev–Trinajstić information content (AvgIpc) is 2.33. The molecule has 0 aliphatic rings. The number of aliphatic hydroxyl groups is 1. The summed E-state index contributed by atoms with van der Waals surface area (Å²) >= 11 is 17.7. The molecule has 112 valence electrons. The van der Waals surface area contributed by atoms with Crippen LogP contribution in [0.2, 0.25) is 15.1 Å². The number of halogens is 3. The monoisotopic (exact) mass is 338 g/mol. The van der Waals surface area contributed by atoms with Crippen molar-refractivity contribution in [1.82, 2.24) is 4.90 Å². The Hall–Kier alpha value is -0.520. The van der Waals surface area contributed by atoms with Crippen molar-refractivity contribution in [3.8, 4) is 0 Å². The first-order chi connectivity index (χ1) is 9.29. The molecule has 2 N–H and O–H groups in total. The van der Waals surface area contributed by atoms with Crippen molar-refractivity contribution < 1.29 is 9.90 Å². The van der Waals surface area contributed by atoms with Crippen molar-refractivity contribution in [2.24, 2.45) is 0 Å². The number of aliphatic hydroxyl groups excluding tert-OH is 1. The number of hydrogen-bond donors (Lipinski definition) is 2. The highest BCUT2D eigenvalue weighted by Gasteiger charge is 2.11. The van der Waals surface area contributed by atoms with Crippen molar-refractivity contribution in [1.29, 1.82) is 0 Å². The van der Waals surface area contributed by atoms with Crippen LogP contribution in [0, 0.1) is 0 Å². The van der Waals surface area contributed by atoms with Crippen molar-refractivity contribution >= 4 is 46.4 Å². The van der Waals surface area contributed by atoms with Crippen LogP contribution >= 0.6 is 34.8 Å². The van der Waals surface area contributed by atoms with Gasteiger partial charge in [0.1, 0.15) is 0 Å². The Morgan fingerprint density at radius 3 is 2.50 bits per heavy atom. The number of carbonyl (C=O) groups excluding carboxylic acids is 1. The van der Waals surface area contributed by atoms with Gasteiger partial charge in [0.05, 0.1) is 33.4 Å². The fourth-order valence-corrected chi connectivity index (χ4v) is 2.13. The van der Waals surface area contributed by atoms with Gasteiger partial charge in [0, 0.05) is 6.54 Å². The van der Waals surface area contributed by atoms with E-state index in [9.17, 15) is 9.90 Å². The zero-order chi connectivity index (χ0) is 15.3. The molecule has 4 nitrogen and oxygen atoms in total. The fraction of sp³-hybridized carbons (Fsp3) is 0.462. The predicted octanol–water partition coefficient (Wildman–Crippen LogP) is 3.29. The topological polar surface area (TPSA) is 52.6 Å². The minimum atomic E-state index is -0.384. The predicted molar refractivity (Wildman–Crippen MR) is 83.9 cm³/mol. The van der Waals surface area contributed by atoms with E-state index in [4.69, 9.17) is 34.8 Å². The lowest BCUT2D eigenvalue weighted by molar-refractivity contribution is -0.117. The maximum absolute atomic E-state index is 11.9. The quantitative estimate of drug-likeness (QED) is 0.782. The molecule has 1 amide bonds. The van der Waals surface area contributed by atoms with E-state index in [0.29, 0.717) is 33.7 Å². The molecule has 0 heterocycles. The molecular formula is C13H17Cl3N2O2. The molecule has 20 heavy (non-hydrogen) atoms. The van der Waals surface area contributed by atoms with E-state index in [0.717, 1.165) is 0 Å².